The van der Waals surface area contributed by atoms with E-state index in [4.69, 9.17) is 4.74 Å². The third-order valence-corrected chi connectivity index (χ3v) is 4.15. The zero-order valence-electron chi connectivity index (χ0n) is 14.3. The molecule has 1 aromatic carbocycles. The Morgan fingerprint density at radius 3 is 2.75 bits per heavy atom. The molecule has 128 valence electrons. The molecule has 0 saturated carbocycles. The summed E-state index contributed by atoms with van der Waals surface area (Å²) in [4.78, 5) is 21.2. The molecule has 1 N–H and O–H groups in total. The summed E-state index contributed by atoms with van der Waals surface area (Å²) in [5, 5.41) is 6.99. The number of morpholine rings is 1. The number of aromatic amines is 1. The Labute approximate surface area is 141 Å². The van der Waals surface area contributed by atoms with Crippen molar-refractivity contribution in [2.24, 2.45) is 0 Å². The minimum Gasteiger partial charge on any atom is -0.366 e. The SMILES string of the molecule is Cc1nc([C@@H]2CN(C(=O)[C@@H](c3ccccc3)N(C)C)CCO2)n[nH]1. The number of hydrogen-bond acceptors (Lipinski definition) is 5. The van der Waals surface area contributed by atoms with Crippen molar-refractivity contribution in [3.05, 3.63) is 47.5 Å². The zero-order valence-corrected chi connectivity index (χ0v) is 14.3. The van der Waals surface area contributed by atoms with Gasteiger partial charge in [0, 0.05) is 6.54 Å². The van der Waals surface area contributed by atoms with Crippen LogP contribution in [0.1, 0.15) is 29.4 Å². The highest BCUT2D eigenvalue weighted by atomic mass is 16.5. The Bertz CT molecular complexity index is 685. The molecule has 7 heteroatoms. The monoisotopic (exact) mass is 329 g/mol. The fourth-order valence-electron chi connectivity index (χ4n) is 2.98. The first kappa shape index (κ1) is 16.6. The summed E-state index contributed by atoms with van der Waals surface area (Å²) in [6.07, 6.45) is -0.286. The van der Waals surface area contributed by atoms with Gasteiger partial charge in [0.2, 0.25) is 5.91 Å². The normalized spacial score (nSPS) is 19.5. The second kappa shape index (κ2) is 7.11. The van der Waals surface area contributed by atoms with E-state index in [9.17, 15) is 4.79 Å². The van der Waals surface area contributed by atoms with E-state index in [2.05, 4.69) is 15.2 Å². The van der Waals surface area contributed by atoms with Crippen LogP contribution in [0.3, 0.4) is 0 Å². The second-order valence-electron chi connectivity index (χ2n) is 6.20. The molecule has 0 radical (unpaired) electrons. The number of amides is 1. The number of ether oxygens (including phenoxy) is 1. The quantitative estimate of drug-likeness (QED) is 0.915. The number of rotatable bonds is 4. The van der Waals surface area contributed by atoms with Crippen molar-refractivity contribution in [2.45, 2.75) is 19.1 Å². The molecule has 1 aromatic heterocycles. The number of aromatic nitrogens is 3. The Morgan fingerprint density at radius 1 is 1.38 bits per heavy atom. The van der Waals surface area contributed by atoms with E-state index in [0.717, 1.165) is 11.4 Å². The number of likely N-dealkylation sites (N-methyl/N-ethyl adjacent to an activating group) is 1. The molecule has 0 aliphatic carbocycles. The molecule has 0 bridgehead atoms. The molecular formula is C17H23N5O2. The lowest BCUT2D eigenvalue weighted by Gasteiger charge is -2.35. The second-order valence-corrected chi connectivity index (χ2v) is 6.20. The molecule has 1 fully saturated rings. The predicted molar refractivity (Wildman–Crippen MR) is 89.3 cm³/mol. The Kier molecular flexibility index (Phi) is 4.92. The van der Waals surface area contributed by atoms with Crippen molar-refractivity contribution in [3.63, 3.8) is 0 Å². The van der Waals surface area contributed by atoms with Gasteiger partial charge in [-0.1, -0.05) is 30.3 Å². The van der Waals surface area contributed by atoms with Crippen LogP contribution in [0, 0.1) is 6.92 Å². The minimum absolute atomic E-state index is 0.0757. The van der Waals surface area contributed by atoms with Gasteiger partial charge in [0.15, 0.2) is 5.82 Å². The average molecular weight is 329 g/mol. The van der Waals surface area contributed by atoms with Crippen LogP contribution in [0.25, 0.3) is 0 Å². The smallest absolute Gasteiger partial charge is 0.244 e. The molecular weight excluding hydrogens is 306 g/mol. The van der Waals surface area contributed by atoms with Crippen molar-refractivity contribution in [2.75, 3.05) is 33.8 Å². The molecule has 0 spiro atoms. The van der Waals surface area contributed by atoms with E-state index in [1.807, 2.05) is 61.2 Å². The molecule has 3 rings (SSSR count). The lowest BCUT2D eigenvalue weighted by Crippen LogP contribution is -2.47. The number of nitrogens with one attached hydrogen (secondary N) is 1. The summed E-state index contributed by atoms with van der Waals surface area (Å²) < 4.78 is 5.75. The molecule has 1 saturated heterocycles. The fourth-order valence-corrected chi connectivity index (χ4v) is 2.98. The number of hydrogen-bond donors (Lipinski definition) is 1. The topological polar surface area (TPSA) is 74.3 Å². The summed E-state index contributed by atoms with van der Waals surface area (Å²) >= 11 is 0. The maximum absolute atomic E-state index is 13.1. The first-order valence-electron chi connectivity index (χ1n) is 8.07. The van der Waals surface area contributed by atoms with Crippen LogP contribution >= 0.6 is 0 Å². The number of nitrogens with zero attached hydrogens (tertiary/aromatic N) is 4. The Balaban J connectivity index is 1.77. The van der Waals surface area contributed by atoms with Gasteiger partial charge in [0.1, 0.15) is 18.0 Å². The first-order valence-corrected chi connectivity index (χ1v) is 8.07. The summed E-state index contributed by atoms with van der Waals surface area (Å²) in [7, 11) is 3.85. The van der Waals surface area contributed by atoms with Gasteiger partial charge in [0.25, 0.3) is 0 Å². The predicted octanol–water partition coefficient (Wildman–Crippen LogP) is 1.32. The maximum atomic E-state index is 13.1. The standard InChI is InChI=1S/C17H23N5O2/c1-12-18-16(20-19-12)14-11-22(9-10-24-14)17(23)15(21(2)3)13-7-5-4-6-8-13/h4-8,14-15H,9-11H2,1-3H3,(H,18,19,20)/t14-,15+/m0/s1. The number of aryl methyl sites for hydroxylation is 1. The van der Waals surface area contributed by atoms with Gasteiger partial charge in [-0.2, -0.15) is 5.10 Å². The van der Waals surface area contributed by atoms with Crippen LogP contribution in [0.4, 0.5) is 0 Å². The van der Waals surface area contributed by atoms with Crippen LogP contribution in [0.2, 0.25) is 0 Å². The fraction of sp³-hybridized carbons (Fsp3) is 0.471. The van der Waals surface area contributed by atoms with Gasteiger partial charge in [-0.3, -0.25) is 14.8 Å². The lowest BCUT2D eigenvalue weighted by molar-refractivity contribution is -0.144. The van der Waals surface area contributed by atoms with Gasteiger partial charge < -0.3 is 9.64 Å². The summed E-state index contributed by atoms with van der Waals surface area (Å²) in [5.41, 5.74) is 0.990. The van der Waals surface area contributed by atoms with Crippen LogP contribution in [-0.4, -0.2) is 64.7 Å². The first-order chi connectivity index (χ1) is 11.6. The molecule has 1 aliphatic heterocycles. The molecule has 2 aromatic rings. The van der Waals surface area contributed by atoms with E-state index >= 15 is 0 Å². The summed E-state index contributed by atoms with van der Waals surface area (Å²) in [6.45, 7) is 3.38. The van der Waals surface area contributed by atoms with Gasteiger partial charge in [0.05, 0.1) is 13.2 Å². The number of H-pyrrole nitrogens is 1. The Hall–Kier alpha value is -2.25. The summed E-state index contributed by atoms with van der Waals surface area (Å²) in [5.74, 6) is 1.42. The third kappa shape index (κ3) is 3.47. The highest BCUT2D eigenvalue weighted by Gasteiger charge is 2.33. The van der Waals surface area contributed by atoms with Crippen molar-refractivity contribution in [1.29, 1.82) is 0 Å². The molecule has 7 nitrogen and oxygen atoms in total. The lowest BCUT2D eigenvalue weighted by atomic mass is 10.0. The third-order valence-electron chi connectivity index (χ3n) is 4.15. The largest absolute Gasteiger partial charge is 0.366 e. The van der Waals surface area contributed by atoms with Crippen LogP contribution in [-0.2, 0) is 9.53 Å². The number of benzene rings is 1. The van der Waals surface area contributed by atoms with Gasteiger partial charge in [-0.25, -0.2) is 4.98 Å². The molecule has 2 atom stereocenters. The number of carbonyl (C=O) groups is 1. The average Bonchev–Trinajstić information content (AvgIpc) is 3.02. The van der Waals surface area contributed by atoms with Gasteiger partial charge in [-0.15, -0.1) is 0 Å². The van der Waals surface area contributed by atoms with Crippen LogP contribution in [0.5, 0.6) is 0 Å². The maximum Gasteiger partial charge on any atom is 0.244 e. The van der Waals surface area contributed by atoms with E-state index < -0.39 is 0 Å². The van der Waals surface area contributed by atoms with E-state index in [1.54, 1.807) is 0 Å². The number of carbonyl (C=O) groups excluding carboxylic acids is 1. The molecule has 2 heterocycles. The van der Waals surface area contributed by atoms with Crippen molar-refractivity contribution < 1.29 is 9.53 Å². The van der Waals surface area contributed by atoms with E-state index in [-0.39, 0.29) is 18.1 Å². The zero-order chi connectivity index (χ0) is 17.1. The van der Waals surface area contributed by atoms with Crippen LogP contribution in [0.15, 0.2) is 30.3 Å². The van der Waals surface area contributed by atoms with E-state index in [1.165, 1.54) is 0 Å². The summed E-state index contributed by atoms with van der Waals surface area (Å²) in [6, 6.07) is 9.53. The molecule has 24 heavy (non-hydrogen) atoms. The Morgan fingerprint density at radius 2 is 2.12 bits per heavy atom. The van der Waals surface area contributed by atoms with Crippen molar-refractivity contribution in [1.82, 2.24) is 25.0 Å². The highest BCUT2D eigenvalue weighted by Crippen LogP contribution is 2.25. The van der Waals surface area contributed by atoms with Crippen molar-refractivity contribution in [3.8, 4) is 0 Å². The van der Waals surface area contributed by atoms with Crippen LogP contribution < -0.4 is 0 Å². The minimum atomic E-state index is -0.307. The van der Waals surface area contributed by atoms with E-state index in [0.29, 0.717) is 25.5 Å². The van der Waals surface area contributed by atoms with Gasteiger partial charge in [-0.05, 0) is 26.6 Å². The van der Waals surface area contributed by atoms with Gasteiger partial charge >= 0.3 is 0 Å². The molecule has 1 aliphatic rings. The molecule has 0 unspecified atom stereocenters. The molecule has 1 amide bonds. The van der Waals surface area contributed by atoms with Crippen molar-refractivity contribution >= 4 is 5.91 Å². The highest BCUT2D eigenvalue weighted by molar-refractivity contribution is 5.83.